The van der Waals surface area contributed by atoms with Gasteiger partial charge in [0.1, 0.15) is 11.6 Å². The summed E-state index contributed by atoms with van der Waals surface area (Å²) in [4.78, 5) is 19.7. The molecule has 20 heavy (non-hydrogen) atoms. The number of aromatic nitrogens is 2. The Bertz CT molecular complexity index is 581. The van der Waals surface area contributed by atoms with E-state index in [1.54, 1.807) is 19.3 Å². The second-order valence-electron chi connectivity index (χ2n) is 4.54. The van der Waals surface area contributed by atoms with Gasteiger partial charge in [-0.2, -0.15) is 0 Å². The molecule has 1 N–H and O–H groups in total. The smallest absolute Gasteiger partial charge is 0.376 e. The van der Waals surface area contributed by atoms with Crippen molar-refractivity contribution in [3.63, 3.8) is 0 Å². The molecule has 1 unspecified atom stereocenters. The summed E-state index contributed by atoms with van der Waals surface area (Å²) >= 11 is 0. The largest absolute Gasteiger partial charge is 0.469 e. The van der Waals surface area contributed by atoms with Crippen LogP contribution in [-0.4, -0.2) is 29.1 Å². The van der Waals surface area contributed by atoms with Crippen LogP contribution in [0.2, 0.25) is 0 Å². The van der Waals surface area contributed by atoms with Gasteiger partial charge in [-0.25, -0.2) is 14.8 Å². The van der Waals surface area contributed by atoms with Crippen LogP contribution >= 0.6 is 0 Å². The van der Waals surface area contributed by atoms with Crippen molar-refractivity contribution in [1.82, 2.24) is 9.97 Å². The van der Waals surface area contributed by atoms with Gasteiger partial charge >= 0.3 is 5.97 Å². The van der Waals surface area contributed by atoms with Gasteiger partial charge < -0.3 is 14.5 Å². The first-order valence-electron chi connectivity index (χ1n) is 6.31. The van der Waals surface area contributed by atoms with Gasteiger partial charge in [0.15, 0.2) is 0 Å². The lowest BCUT2D eigenvalue weighted by molar-refractivity contribution is 0.0586. The number of carbonyl (C=O) groups is 1. The topological polar surface area (TPSA) is 77.2 Å². The maximum absolute atomic E-state index is 11.5. The highest BCUT2D eigenvalue weighted by Crippen LogP contribution is 2.11. The second kappa shape index (κ2) is 6.18. The summed E-state index contributed by atoms with van der Waals surface area (Å²) in [7, 11) is 1.31. The van der Waals surface area contributed by atoms with Crippen molar-refractivity contribution >= 4 is 11.8 Å². The number of ether oxygens (including phenoxy) is 1. The van der Waals surface area contributed by atoms with Crippen LogP contribution in [0.15, 0.2) is 28.9 Å². The molecular weight excluding hydrogens is 258 g/mol. The molecule has 0 amide bonds. The number of anilines is 1. The third-order valence-corrected chi connectivity index (χ3v) is 2.70. The van der Waals surface area contributed by atoms with E-state index in [4.69, 9.17) is 4.42 Å². The summed E-state index contributed by atoms with van der Waals surface area (Å²) in [6.45, 7) is 3.81. The normalized spacial score (nSPS) is 11.9. The van der Waals surface area contributed by atoms with E-state index in [0.29, 0.717) is 11.5 Å². The van der Waals surface area contributed by atoms with Gasteiger partial charge in [-0.15, -0.1) is 0 Å². The fraction of sp³-hybridized carbons (Fsp3) is 0.357. The van der Waals surface area contributed by atoms with Crippen molar-refractivity contribution in [3.05, 3.63) is 41.7 Å². The summed E-state index contributed by atoms with van der Waals surface area (Å²) in [6, 6.07) is 5.67. The summed E-state index contributed by atoms with van der Waals surface area (Å²) in [5.41, 5.74) is 0.702. The molecule has 0 aliphatic rings. The minimum Gasteiger partial charge on any atom is -0.469 e. The Morgan fingerprint density at radius 3 is 2.95 bits per heavy atom. The monoisotopic (exact) mass is 275 g/mol. The first-order chi connectivity index (χ1) is 9.58. The predicted octanol–water partition coefficient (Wildman–Crippen LogP) is 2.21. The Morgan fingerprint density at radius 2 is 2.30 bits per heavy atom. The summed E-state index contributed by atoms with van der Waals surface area (Å²) in [6.07, 6.45) is 2.37. The van der Waals surface area contributed by atoms with Gasteiger partial charge in [-0.05, 0) is 26.0 Å². The quantitative estimate of drug-likeness (QED) is 0.843. The van der Waals surface area contributed by atoms with Gasteiger partial charge in [0.2, 0.25) is 5.82 Å². The Balaban J connectivity index is 2.08. The number of hydrogen-bond acceptors (Lipinski definition) is 6. The van der Waals surface area contributed by atoms with Crippen LogP contribution in [0.4, 0.5) is 5.82 Å². The zero-order chi connectivity index (χ0) is 14.5. The van der Waals surface area contributed by atoms with E-state index < -0.39 is 5.97 Å². The van der Waals surface area contributed by atoms with E-state index in [9.17, 15) is 4.79 Å². The average molecular weight is 275 g/mol. The number of carbonyl (C=O) groups excluding carboxylic acids is 1. The van der Waals surface area contributed by atoms with E-state index in [0.717, 1.165) is 12.2 Å². The molecule has 0 bridgehead atoms. The van der Waals surface area contributed by atoms with Crippen LogP contribution in [0.5, 0.6) is 0 Å². The lowest BCUT2D eigenvalue weighted by atomic mass is 10.2. The van der Waals surface area contributed by atoms with Crippen LogP contribution in [0.3, 0.4) is 0 Å². The zero-order valence-electron chi connectivity index (χ0n) is 11.7. The Hall–Kier alpha value is -2.37. The van der Waals surface area contributed by atoms with Crippen molar-refractivity contribution in [3.8, 4) is 0 Å². The molecule has 0 aliphatic carbocycles. The summed E-state index contributed by atoms with van der Waals surface area (Å²) in [5, 5.41) is 3.22. The third kappa shape index (κ3) is 3.57. The van der Waals surface area contributed by atoms with Crippen molar-refractivity contribution < 1.29 is 13.9 Å². The molecular formula is C14H17N3O3. The Kier molecular flexibility index (Phi) is 4.34. The molecule has 2 rings (SSSR count). The predicted molar refractivity (Wildman–Crippen MR) is 73.6 cm³/mol. The fourth-order valence-corrected chi connectivity index (χ4v) is 1.86. The van der Waals surface area contributed by atoms with Gasteiger partial charge in [-0.1, -0.05) is 0 Å². The van der Waals surface area contributed by atoms with Crippen LogP contribution in [0.25, 0.3) is 0 Å². The molecule has 2 aromatic rings. The average Bonchev–Trinajstić information content (AvgIpc) is 2.89. The number of nitrogens with one attached hydrogen (secondary N) is 1. The van der Waals surface area contributed by atoms with Crippen LogP contribution in [0.1, 0.15) is 29.0 Å². The molecule has 0 aromatic carbocycles. The molecule has 0 radical (unpaired) electrons. The lowest BCUT2D eigenvalue weighted by Gasteiger charge is -2.14. The molecule has 0 saturated heterocycles. The summed E-state index contributed by atoms with van der Waals surface area (Å²) < 4.78 is 9.93. The standard InChI is InChI=1S/C14H17N3O3/c1-9(7-11-5-4-6-20-11)15-12-8-10(2)16-13(17-12)14(18)19-3/h4-6,8-9H,7H2,1-3H3,(H,15,16,17). The number of aryl methyl sites for hydroxylation is 1. The highest BCUT2D eigenvalue weighted by atomic mass is 16.5. The molecule has 1 atom stereocenters. The maximum atomic E-state index is 11.5. The molecule has 0 saturated carbocycles. The van der Waals surface area contributed by atoms with E-state index in [2.05, 4.69) is 20.0 Å². The number of furan rings is 1. The SMILES string of the molecule is COC(=O)c1nc(C)cc(NC(C)Cc2ccco2)n1. The molecule has 6 heteroatoms. The van der Waals surface area contributed by atoms with Gasteiger partial charge in [0.05, 0.1) is 13.4 Å². The highest BCUT2D eigenvalue weighted by Gasteiger charge is 2.13. The molecule has 0 spiro atoms. The van der Waals surface area contributed by atoms with Crippen LogP contribution in [-0.2, 0) is 11.2 Å². The van der Waals surface area contributed by atoms with Crippen molar-refractivity contribution in [1.29, 1.82) is 0 Å². The van der Waals surface area contributed by atoms with E-state index in [1.807, 2.05) is 19.1 Å². The first kappa shape index (κ1) is 14.0. The molecule has 6 nitrogen and oxygen atoms in total. The van der Waals surface area contributed by atoms with E-state index in [-0.39, 0.29) is 11.9 Å². The molecule has 0 fully saturated rings. The number of esters is 1. The molecule has 106 valence electrons. The van der Waals surface area contributed by atoms with Gasteiger partial charge in [-0.3, -0.25) is 0 Å². The highest BCUT2D eigenvalue weighted by molar-refractivity contribution is 5.85. The molecule has 2 heterocycles. The lowest BCUT2D eigenvalue weighted by Crippen LogP contribution is -2.20. The zero-order valence-corrected chi connectivity index (χ0v) is 11.7. The number of hydrogen-bond donors (Lipinski definition) is 1. The summed E-state index contributed by atoms with van der Waals surface area (Å²) in [5.74, 6) is 0.997. The van der Waals surface area contributed by atoms with Crippen LogP contribution in [0, 0.1) is 6.92 Å². The minimum absolute atomic E-state index is 0.0557. The maximum Gasteiger partial charge on any atom is 0.376 e. The van der Waals surface area contributed by atoms with E-state index in [1.165, 1.54) is 7.11 Å². The van der Waals surface area contributed by atoms with E-state index >= 15 is 0 Å². The van der Waals surface area contributed by atoms with Crippen molar-refractivity contribution in [2.24, 2.45) is 0 Å². The molecule has 2 aromatic heterocycles. The van der Waals surface area contributed by atoms with Gasteiger partial charge in [0.25, 0.3) is 0 Å². The van der Waals surface area contributed by atoms with Crippen LogP contribution < -0.4 is 5.32 Å². The number of rotatable bonds is 5. The fourth-order valence-electron chi connectivity index (χ4n) is 1.86. The number of nitrogens with zero attached hydrogens (tertiary/aromatic N) is 2. The van der Waals surface area contributed by atoms with Crippen molar-refractivity contribution in [2.75, 3.05) is 12.4 Å². The Labute approximate surface area is 117 Å². The minimum atomic E-state index is -0.546. The van der Waals surface area contributed by atoms with Gasteiger partial charge in [0, 0.05) is 24.2 Å². The third-order valence-electron chi connectivity index (χ3n) is 2.70. The molecule has 0 aliphatic heterocycles. The second-order valence-corrected chi connectivity index (χ2v) is 4.54. The van der Waals surface area contributed by atoms with Crippen molar-refractivity contribution in [2.45, 2.75) is 26.3 Å². The Morgan fingerprint density at radius 1 is 1.50 bits per heavy atom. The first-order valence-corrected chi connectivity index (χ1v) is 6.31. The number of methoxy groups -OCH3 is 1.